The van der Waals surface area contributed by atoms with E-state index in [1.807, 2.05) is 0 Å². The molecule has 0 aliphatic carbocycles. The van der Waals surface area contributed by atoms with E-state index in [1.165, 1.54) is 0 Å². The van der Waals surface area contributed by atoms with Gasteiger partial charge < -0.3 is 14.8 Å². The lowest BCUT2D eigenvalue weighted by atomic mass is 10.1. The minimum absolute atomic E-state index is 0.0201. The summed E-state index contributed by atoms with van der Waals surface area (Å²) in [6, 6.07) is 5.29. The first-order chi connectivity index (χ1) is 10.4. The van der Waals surface area contributed by atoms with Gasteiger partial charge in [0.05, 0.1) is 32.1 Å². The summed E-state index contributed by atoms with van der Waals surface area (Å²) in [4.78, 5) is 12.0. The maximum Gasteiger partial charge on any atom is 0.224 e. The highest BCUT2D eigenvalue weighted by Crippen LogP contribution is 2.25. The molecular formula is C15H21NO5S. The van der Waals surface area contributed by atoms with Crippen molar-refractivity contribution in [3.05, 3.63) is 23.8 Å². The van der Waals surface area contributed by atoms with Crippen molar-refractivity contribution in [1.82, 2.24) is 5.32 Å². The highest BCUT2D eigenvalue weighted by Gasteiger charge is 2.27. The number of rotatable bonds is 6. The summed E-state index contributed by atoms with van der Waals surface area (Å²) in [7, 11) is 0.202. The van der Waals surface area contributed by atoms with Crippen LogP contribution in [0.25, 0.3) is 0 Å². The SMILES string of the molecule is COc1ccc(CC(=O)NC[C@H]2CCS(=O)(=O)C2)c(OC)c1. The van der Waals surface area contributed by atoms with E-state index in [0.717, 1.165) is 5.56 Å². The van der Waals surface area contributed by atoms with Crippen LogP contribution in [0.5, 0.6) is 11.5 Å². The summed E-state index contributed by atoms with van der Waals surface area (Å²) in [5.41, 5.74) is 0.764. The third kappa shape index (κ3) is 4.37. The molecule has 1 heterocycles. The molecule has 0 unspecified atom stereocenters. The van der Waals surface area contributed by atoms with Crippen molar-refractivity contribution in [1.29, 1.82) is 0 Å². The molecule has 1 N–H and O–H groups in total. The fourth-order valence-electron chi connectivity index (χ4n) is 2.52. The monoisotopic (exact) mass is 327 g/mol. The topological polar surface area (TPSA) is 81.7 Å². The Morgan fingerprint density at radius 1 is 1.32 bits per heavy atom. The second-order valence-electron chi connectivity index (χ2n) is 5.43. The van der Waals surface area contributed by atoms with Crippen LogP contribution in [0.1, 0.15) is 12.0 Å². The molecule has 1 aliphatic heterocycles. The Hall–Kier alpha value is -1.76. The van der Waals surface area contributed by atoms with E-state index in [1.54, 1.807) is 32.4 Å². The van der Waals surface area contributed by atoms with Gasteiger partial charge in [-0.05, 0) is 18.4 Å². The average Bonchev–Trinajstić information content (AvgIpc) is 2.85. The van der Waals surface area contributed by atoms with Crippen LogP contribution in [0, 0.1) is 5.92 Å². The maximum atomic E-state index is 12.0. The van der Waals surface area contributed by atoms with Crippen molar-refractivity contribution >= 4 is 15.7 Å². The zero-order chi connectivity index (χ0) is 16.2. The summed E-state index contributed by atoms with van der Waals surface area (Å²) in [6.45, 7) is 0.399. The van der Waals surface area contributed by atoms with Crippen molar-refractivity contribution in [3.8, 4) is 11.5 Å². The Kier molecular flexibility index (Phi) is 5.28. The minimum atomic E-state index is -2.91. The molecule has 0 radical (unpaired) electrons. The second kappa shape index (κ2) is 7.00. The van der Waals surface area contributed by atoms with Gasteiger partial charge in [0.1, 0.15) is 11.5 Å². The Bertz CT molecular complexity index is 641. The number of sulfone groups is 1. The number of nitrogens with one attached hydrogen (secondary N) is 1. The molecule has 0 bridgehead atoms. The standard InChI is InChI=1S/C15H21NO5S/c1-20-13-4-3-12(14(8-13)21-2)7-15(17)16-9-11-5-6-22(18,19)10-11/h3-4,8,11H,5-7,9-10H2,1-2H3,(H,16,17)/t11-/m1/s1. The van der Waals surface area contributed by atoms with Crippen LogP contribution < -0.4 is 14.8 Å². The van der Waals surface area contributed by atoms with Crippen molar-refractivity contribution in [2.75, 3.05) is 32.3 Å². The Morgan fingerprint density at radius 3 is 2.68 bits per heavy atom. The number of hydrogen-bond acceptors (Lipinski definition) is 5. The molecule has 22 heavy (non-hydrogen) atoms. The van der Waals surface area contributed by atoms with Gasteiger partial charge in [0.15, 0.2) is 9.84 Å². The number of carbonyl (C=O) groups excluding carboxylic acids is 1. The van der Waals surface area contributed by atoms with Crippen LogP contribution in [0.15, 0.2) is 18.2 Å². The summed E-state index contributed by atoms with van der Waals surface area (Å²) >= 11 is 0. The van der Waals surface area contributed by atoms with Crippen molar-refractivity contribution in [2.45, 2.75) is 12.8 Å². The van der Waals surface area contributed by atoms with Gasteiger partial charge >= 0.3 is 0 Å². The molecule has 1 aliphatic rings. The molecule has 1 aromatic rings. The lowest BCUT2D eigenvalue weighted by Crippen LogP contribution is -2.31. The molecule has 2 rings (SSSR count). The Morgan fingerprint density at radius 2 is 2.09 bits per heavy atom. The van der Waals surface area contributed by atoms with Gasteiger partial charge in [0.25, 0.3) is 0 Å². The lowest BCUT2D eigenvalue weighted by molar-refractivity contribution is -0.120. The van der Waals surface area contributed by atoms with Gasteiger partial charge in [0.2, 0.25) is 5.91 Å². The van der Waals surface area contributed by atoms with Gasteiger partial charge in [-0.2, -0.15) is 0 Å². The summed E-state index contributed by atoms with van der Waals surface area (Å²) in [5, 5.41) is 2.80. The van der Waals surface area contributed by atoms with Gasteiger partial charge in [0, 0.05) is 18.2 Å². The minimum Gasteiger partial charge on any atom is -0.497 e. The van der Waals surface area contributed by atoms with Gasteiger partial charge in [-0.15, -0.1) is 0 Å². The molecule has 7 heteroatoms. The van der Waals surface area contributed by atoms with E-state index < -0.39 is 9.84 Å². The highest BCUT2D eigenvalue weighted by molar-refractivity contribution is 7.91. The molecule has 1 atom stereocenters. The number of carbonyl (C=O) groups is 1. The molecule has 122 valence electrons. The average molecular weight is 327 g/mol. The Labute approximate surface area is 130 Å². The van der Waals surface area contributed by atoms with E-state index >= 15 is 0 Å². The highest BCUT2D eigenvalue weighted by atomic mass is 32.2. The van der Waals surface area contributed by atoms with Crippen LogP contribution in [-0.4, -0.2) is 46.6 Å². The molecule has 1 aromatic carbocycles. The van der Waals surface area contributed by atoms with Gasteiger partial charge in [-0.25, -0.2) is 8.42 Å². The normalized spacial score (nSPS) is 19.6. The van der Waals surface area contributed by atoms with E-state index in [2.05, 4.69) is 5.32 Å². The zero-order valence-electron chi connectivity index (χ0n) is 12.8. The Balaban J connectivity index is 1.89. The predicted molar refractivity (Wildman–Crippen MR) is 83.0 cm³/mol. The maximum absolute atomic E-state index is 12.0. The fraction of sp³-hybridized carbons (Fsp3) is 0.533. The number of ether oxygens (including phenoxy) is 2. The third-order valence-corrected chi connectivity index (χ3v) is 5.60. The van der Waals surface area contributed by atoms with Crippen molar-refractivity contribution in [2.24, 2.45) is 5.92 Å². The second-order valence-corrected chi connectivity index (χ2v) is 7.66. The quantitative estimate of drug-likeness (QED) is 0.836. The summed E-state index contributed by atoms with van der Waals surface area (Å²) in [6.07, 6.45) is 0.807. The summed E-state index contributed by atoms with van der Waals surface area (Å²) < 4.78 is 33.1. The van der Waals surface area contributed by atoms with E-state index in [0.29, 0.717) is 24.5 Å². The largest absolute Gasteiger partial charge is 0.497 e. The molecule has 6 nitrogen and oxygen atoms in total. The molecule has 0 spiro atoms. The van der Waals surface area contributed by atoms with Crippen LogP contribution >= 0.6 is 0 Å². The molecule has 0 aromatic heterocycles. The van der Waals surface area contributed by atoms with Crippen LogP contribution in [0.2, 0.25) is 0 Å². The molecular weight excluding hydrogens is 306 g/mol. The van der Waals surface area contributed by atoms with E-state index in [9.17, 15) is 13.2 Å². The fourth-order valence-corrected chi connectivity index (χ4v) is 4.39. The molecule has 1 amide bonds. The predicted octanol–water partition coefficient (Wildman–Crippen LogP) is 0.797. The van der Waals surface area contributed by atoms with Crippen LogP contribution in [0.3, 0.4) is 0 Å². The number of hydrogen-bond donors (Lipinski definition) is 1. The molecule has 1 fully saturated rings. The van der Waals surface area contributed by atoms with Gasteiger partial charge in [-0.1, -0.05) is 6.07 Å². The smallest absolute Gasteiger partial charge is 0.224 e. The third-order valence-electron chi connectivity index (χ3n) is 3.76. The van der Waals surface area contributed by atoms with Crippen molar-refractivity contribution in [3.63, 3.8) is 0 Å². The van der Waals surface area contributed by atoms with E-state index in [-0.39, 0.29) is 29.8 Å². The van der Waals surface area contributed by atoms with Gasteiger partial charge in [-0.3, -0.25) is 4.79 Å². The zero-order valence-corrected chi connectivity index (χ0v) is 13.6. The summed E-state index contributed by atoms with van der Waals surface area (Å²) in [5.74, 6) is 1.52. The number of benzene rings is 1. The molecule has 0 saturated carbocycles. The van der Waals surface area contributed by atoms with Crippen LogP contribution in [-0.2, 0) is 21.1 Å². The first kappa shape index (κ1) is 16.6. The van der Waals surface area contributed by atoms with E-state index in [4.69, 9.17) is 9.47 Å². The van der Waals surface area contributed by atoms with Crippen LogP contribution in [0.4, 0.5) is 0 Å². The lowest BCUT2D eigenvalue weighted by Gasteiger charge is -2.12. The molecule has 1 saturated heterocycles. The first-order valence-corrected chi connectivity index (χ1v) is 8.93. The number of methoxy groups -OCH3 is 2. The van der Waals surface area contributed by atoms with Crippen molar-refractivity contribution < 1.29 is 22.7 Å². The first-order valence-electron chi connectivity index (χ1n) is 7.11. The number of amides is 1.